The Hall–Kier alpha value is -0.870. The number of aromatic nitrogens is 2. The van der Waals surface area contributed by atoms with Crippen molar-refractivity contribution >= 4 is 0 Å². The van der Waals surface area contributed by atoms with Gasteiger partial charge >= 0.3 is 0 Å². The molecule has 1 saturated carbocycles. The van der Waals surface area contributed by atoms with E-state index < -0.39 is 0 Å². The Bertz CT molecular complexity index is 422. The number of rotatable bonds is 4. The SMILES string of the molecule is CC(C)n1cc(C2C(CN)CCCN2C2CC2)cn1. The number of likely N-dealkylation sites (tertiary alicyclic amines) is 1. The van der Waals surface area contributed by atoms with Gasteiger partial charge in [0.25, 0.3) is 0 Å². The molecule has 1 aliphatic carbocycles. The van der Waals surface area contributed by atoms with Crippen LogP contribution >= 0.6 is 0 Å². The van der Waals surface area contributed by atoms with Crippen molar-refractivity contribution in [3.05, 3.63) is 18.0 Å². The molecule has 4 heteroatoms. The molecule has 4 nitrogen and oxygen atoms in total. The standard InChI is InChI=1S/C15H26N4/c1-11(2)19-10-13(9-17-19)15-12(8-16)4-3-7-18(15)14-5-6-14/h9-12,14-15H,3-8,16H2,1-2H3. The van der Waals surface area contributed by atoms with Crippen LogP contribution in [0.2, 0.25) is 0 Å². The van der Waals surface area contributed by atoms with Gasteiger partial charge in [-0.25, -0.2) is 0 Å². The highest BCUT2D eigenvalue weighted by molar-refractivity contribution is 5.15. The van der Waals surface area contributed by atoms with Crippen LogP contribution in [0.3, 0.4) is 0 Å². The van der Waals surface area contributed by atoms with Crippen LogP contribution < -0.4 is 5.73 Å². The van der Waals surface area contributed by atoms with Crippen molar-refractivity contribution in [2.24, 2.45) is 11.7 Å². The maximum atomic E-state index is 6.03. The maximum Gasteiger partial charge on any atom is 0.0537 e. The van der Waals surface area contributed by atoms with Crippen LogP contribution in [-0.2, 0) is 0 Å². The Morgan fingerprint density at radius 2 is 2.16 bits per heavy atom. The van der Waals surface area contributed by atoms with Crippen LogP contribution in [0.5, 0.6) is 0 Å². The molecule has 1 aromatic rings. The van der Waals surface area contributed by atoms with Crippen LogP contribution in [0.25, 0.3) is 0 Å². The molecule has 2 atom stereocenters. The summed E-state index contributed by atoms with van der Waals surface area (Å²) in [6, 6.07) is 1.74. The molecular weight excluding hydrogens is 236 g/mol. The summed E-state index contributed by atoms with van der Waals surface area (Å²) in [6.07, 6.45) is 9.59. The fraction of sp³-hybridized carbons (Fsp3) is 0.800. The summed E-state index contributed by atoms with van der Waals surface area (Å²) >= 11 is 0. The molecule has 3 rings (SSSR count). The number of hydrogen-bond acceptors (Lipinski definition) is 3. The summed E-state index contributed by atoms with van der Waals surface area (Å²) < 4.78 is 2.07. The molecular formula is C15H26N4. The van der Waals surface area contributed by atoms with Gasteiger partial charge in [-0.3, -0.25) is 9.58 Å². The van der Waals surface area contributed by atoms with Gasteiger partial charge in [0.1, 0.15) is 0 Å². The van der Waals surface area contributed by atoms with Gasteiger partial charge in [-0.2, -0.15) is 5.10 Å². The molecule has 2 heterocycles. The number of piperidine rings is 1. The van der Waals surface area contributed by atoms with Gasteiger partial charge in [-0.05, 0) is 58.5 Å². The first-order valence-electron chi connectivity index (χ1n) is 7.70. The highest BCUT2D eigenvalue weighted by Crippen LogP contribution is 2.42. The molecule has 2 fully saturated rings. The highest BCUT2D eigenvalue weighted by Gasteiger charge is 2.40. The van der Waals surface area contributed by atoms with Gasteiger partial charge in [0, 0.05) is 29.9 Å². The van der Waals surface area contributed by atoms with Gasteiger partial charge in [0.15, 0.2) is 0 Å². The van der Waals surface area contributed by atoms with E-state index in [2.05, 4.69) is 40.9 Å². The van der Waals surface area contributed by atoms with Crippen molar-refractivity contribution in [1.82, 2.24) is 14.7 Å². The second kappa shape index (κ2) is 5.25. The predicted octanol–water partition coefficient (Wildman–Crippen LogP) is 2.34. The molecule has 0 aromatic carbocycles. The zero-order valence-corrected chi connectivity index (χ0v) is 12.1. The largest absolute Gasteiger partial charge is 0.330 e. The molecule has 0 radical (unpaired) electrons. The summed E-state index contributed by atoms with van der Waals surface area (Å²) in [5.74, 6) is 0.596. The Labute approximate surface area is 116 Å². The quantitative estimate of drug-likeness (QED) is 0.906. The third-order valence-electron chi connectivity index (χ3n) is 4.61. The van der Waals surface area contributed by atoms with Crippen LogP contribution in [0.1, 0.15) is 57.2 Å². The van der Waals surface area contributed by atoms with E-state index in [0.29, 0.717) is 18.0 Å². The lowest BCUT2D eigenvalue weighted by Crippen LogP contribution is -2.42. The summed E-state index contributed by atoms with van der Waals surface area (Å²) in [7, 11) is 0. The molecule has 2 N–H and O–H groups in total. The first kappa shape index (κ1) is 13.1. The second-order valence-electron chi connectivity index (χ2n) is 6.40. The van der Waals surface area contributed by atoms with Gasteiger partial charge < -0.3 is 5.73 Å². The van der Waals surface area contributed by atoms with Crippen LogP contribution in [0.15, 0.2) is 12.4 Å². The van der Waals surface area contributed by atoms with E-state index in [-0.39, 0.29) is 0 Å². The third kappa shape index (κ3) is 2.56. The number of nitrogens with two attached hydrogens (primary N) is 1. The van der Waals surface area contributed by atoms with Crippen molar-refractivity contribution in [2.45, 2.75) is 57.7 Å². The van der Waals surface area contributed by atoms with E-state index in [4.69, 9.17) is 5.73 Å². The topological polar surface area (TPSA) is 47.1 Å². The van der Waals surface area contributed by atoms with Crippen molar-refractivity contribution in [3.63, 3.8) is 0 Å². The smallest absolute Gasteiger partial charge is 0.0537 e. The fourth-order valence-corrected chi connectivity index (χ4v) is 3.42. The average molecular weight is 262 g/mol. The normalized spacial score (nSPS) is 29.1. The molecule has 0 bridgehead atoms. The predicted molar refractivity (Wildman–Crippen MR) is 76.9 cm³/mol. The molecule has 106 valence electrons. The minimum Gasteiger partial charge on any atom is -0.330 e. The number of hydrogen-bond donors (Lipinski definition) is 1. The lowest BCUT2D eigenvalue weighted by atomic mass is 9.85. The minimum absolute atomic E-state index is 0.433. The Morgan fingerprint density at radius 1 is 1.37 bits per heavy atom. The Morgan fingerprint density at radius 3 is 2.74 bits per heavy atom. The van der Waals surface area contributed by atoms with E-state index in [1.807, 2.05) is 0 Å². The Kier molecular flexibility index (Phi) is 3.63. The molecule has 1 aromatic heterocycles. The van der Waals surface area contributed by atoms with Gasteiger partial charge in [-0.1, -0.05) is 0 Å². The van der Waals surface area contributed by atoms with E-state index >= 15 is 0 Å². The fourth-order valence-electron chi connectivity index (χ4n) is 3.42. The zero-order chi connectivity index (χ0) is 13.4. The summed E-state index contributed by atoms with van der Waals surface area (Å²) in [4.78, 5) is 2.70. The van der Waals surface area contributed by atoms with E-state index in [0.717, 1.165) is 12.6 Å². The highest BCUT2D eigenvalue weighted by atomic mass is 15.3. The summed E-state index contributed by atoms with van der Waals surface area (Å²) in [5, 5.41) is 4.52. The van der Waals surface area contributed by atoms with E-state index in [1.165, 1.54) is 37.8 Å². The lowest BCUT2D eigenvalue weighted by molar-refractivity contribution is 0.0879. The van der Waals surface area contributed by atoms with Crippen molar-refractivity contribution in [1.29, 1.82) is 0 Å². The minimum atomic E-state index is 0.433. The van der Waals surface area contributed by atoms with Crippen LogP contribution in [-0.4, -0.2) is 33.8 Å². The second-order valence-corrected chi connectivity index (χ2v) is 6.40. The number of nitrogens with zero attached hydrogens (tertiary/aromatic N) is 3. The Balaban J connectivity index is 1.86. The van der Waals surface area contributed by atoms with Gasteiger partial charge in [0.05, 0.1) is 6.20 Å². The van der Waals surface area contributed by atoms with E-state index in [9.17, 15) is 0 Å². The molecule has 19 heavy (non-hydrogen) atoms. The molecule has 0 spiro atoms. The van der Waals surface area contributed by atoms with Crippen LogP contribution in [0, 0.1) is 5.92 Å². The van der Waals surface area contributed by atoms with Gasteiger partial charge in [-0.15, -0.1) is 0 Å². The van der Waals surface area contributed by atoms with Crippen molar-refractivity contribution < 1.29 is 0 Å². The van der Waals surface area contributed by atoms with Crippen molar-refractivity contribution in [2.75, 3.05) is 13.1 Å². The summed E-state index contributed by atoms with van der Waals surface area (Å²) in [6.45, 7) is 6.38. The first-order chi connectivity index (χ1) is 9.20. The molecule has 2 aliphatic rings. The molecule has 1 aliphatic heterocycles. The van der Waals surface area contributed by atoms with Crippen LogP contribution in [0.4, 0.5) is 0 Å². The lowest BCUT2D eigenvalue weighted by Gasteiger charge is -2.41. The monoisotopic (exact) mass is 262 g/mol. The maximum absolute atomic E-state index is 6.03. The van der Waals surface area contributed by atoms with Crippen molar-refractivity contribution in [3.8, 4) is 0 Å². The zero-order valence-electron chi connectivity index (χ0n) is 12.1. The molecule has 2 unspecified atom stereocenters. The van der Waals surface area contributed by atoms with E-state index in [1.54, 1.807) is 0 Å². The third-order valence-corrected chi connectivity index (χ3v) is 4.61. The molecule has 0 amide bonds. The summed E-state index contributed by atoms with van der Waals surface area (Å²) in [5.41, 5.74) is 7.40. The molecule has 1 saturated heterocycles. The first-order valence-corrected chi connectivity index (χ1v) is 7.70. The average Bonchev–Trinajstić information content (AvgIpc) is 3.14. The van der Waals surface area contributed by atoms with Gasteiger partial charge in [0.2, 0.25) is 0 Å².